The summed E-state index contributed by atoms with van der Waals surface area (Å²) < 4.78 is 16.2. The van der Waals surface area contributed by atoms with E-state index in [4.69, 9.17) is 14.2 Å². The average Bonchev–Trinajstić information content (AvgIpc) is 3.24. The number of fused-ring (bicyclic) bond motifs is 2. The van der Waals surface area contributed by atoms with Gasteiger partial charge in [-0.25, -0.2) is 0 Å². The molecular weight excluding hydrogens is 348 g/mol. The monoisotopic (exact) mass is 366 g/mol. The van der Waals surface area contributed by atoms with E-state index in [1.165, 1.54) is 0 Å². The van der Waals surface area contributed by atoms with E-state index >= 15 is 0 Å². The fourth-order valence-corrected chi connectivity index (χ4v) is 2.80. The van der Waals surface area contributed by atoms with Gasteiger partial charge in [-0.2, -0.15) is 5.10 Å². The van der Waals surface area contributed by atoms with Gasteiger partial charge < -0.3 is 24.8 Å². The SMILES string of the molecule is Cl.O=C(NCCOc1ccc2c(c1)OCO2)c1n[nH]c2c1CNCC2. The van der Waals surface area contributed by atoms with Crippen molar-refractivity contribution < 1.29 is 19.0 Å². The molecule has 2 aliphatic rings. The number of halogens is 1. The quantitative estimate of drug-likeness (QED) is 0.683. The van der Waals surface area contributed by atoms with Crippen LogP contribution in [0.5, 0.6) is 17.2 Å². The Hall–Kier alpha value is -2.45. The van der Waals surface area contributed by atoms with Crippen LogP contribution in [0.2, 0.25) is 0 Å². The first-order valence-electron chi connectivity index (χ1n) is 7.89. The molecule has 2 aliphatic heterocycles. The molecule has 3 heterocycles. The molecule has 1 amide bonds. The number of aromatic amines is 1. The molecule has 8 nitrogen and oxygen atoms in total. The lowest BCUT2D eigenvalue weighted by molar-refractivity contribution is 0.0940. The maximum atomic E-state index is 12.2. The van der Waals surface area contributed by atoms with Crippen LogP contribution in [-0.4, -0.2) is 42.6 Å². The maximum absolute atomic E-state index is 12.2. The minimum absolute atomic E-state index is 0. The van der Waals surface area contributed by atoms with E-state index in [9.17, 15) is 4.79 Å². The normalized spacial score (nSPS) is 14.4. The van der Waals surface area contributed by atoms with Gasteiger partial charge in [-0.15, -0.1) is 12.4 Å². The summed E-state index contributed by atoms with van der Waals surface area (Å²) in [4.78, 5) is 12.2. The van der Waals surface area contributed by atoms with Crippen molar-refractivity contribution in [3.63, 3.8) is 0 Å². The number of rotatable bonds is 5. The summed E-state index contributed by atoms with van der Waals surface area (Å²) >= 11 is 0. The second-order valence-electron chi connectivity index (χ2n) is 5.58. The second kappa shape index (κ2) is 7.62. The number of nitrogens with zero attached hydrogens (tertiary/aromatic N) is 1. The van der Waals surface area contributed by atoms with Crippen molar-refractivity contribution in [1.82, 2.24) is 20.8 Å². The molecule has 1 aromatic heterocycles. The Morgan fingerprint density at radius 3 is 3.12 bits per heavy atom. The molecule has 4 rings (SSSR count). The molecule has 2 aromatic rings. The first kappa shape index (κ1) is 17.4. The van der Waals surface area contributed by atoms with Crippen molar-refractivity contribution in [2.45, 2.75) is 13.0 Å². The number of hydrogen-bond acceptors (Lipinski definition) is 6. The molecule has 0 unspecified atom stereocenters. The van der Waals surface area contributed by atoms with E-state index < -0.39 is 0 Å². The van der Waals surface area contributed by atoms with E-state index in [1.54, 1.807) is 12.1 Å². The Morgan fingerprint density at radius 2 is 2.20 bits per heavy atom. The summed E-state index contributed by atoms with van der Waals surface area (Å²) in [6, 6.07) is 5.39. The molecule has 0 spiro atoms. The zero-order valence-electron chi connectivity index (χ0n) is 13.5. The topological polar surface area (TPSA) is 97.5 Å². The molecule has 1 aromatic carbocycles. The predicted molar refractivity (Wildman–Crippen MR) is 91.6 cm³/mol. The van der Waals surface area contributed by atoms with Crippen LogP contribution in [0.3, 0.4) is 0 Å². The Bertz CT molecular complexity index is 765. The lowest BCUT2D eigenvalue weighted by atomic mass is 10.1. The Labute approximate surface area is 150 Å². The van der Waals surface area contributed by atoms with Crippen molar-refractivity contribution in [1.29, 1.82) is 0 Å². The summed E-state index contributed by atoms with van der Waals surface area (Å²) in [5.41, 5.74) is 2.45. The van der Waals surface area contributed by atoms with Gasteiger partial charge in [0.15, 0.2) is 17.2 Å². The Kier molecular flexibility index (Phi) is 5.30. The minimum Gasteiger partial charge on any atom is -0.492 e. The molecule has 9 heteroatoms. The molecule has 134 valence electrons. The zero-order valence-corrected chi connectivity index (χ0v) is 14.3. The fourth-order valence-electron chi connectivity index (χ4n) is 2.80. The van der Waals surface area contributed by atoms with Crippen molar-refractivity contribution >= 4 is 18.3 Å². The van der Waals surface area contributed by atoms with Crippen LogP contribution in [0.25, 0.3) is 0 Å². The maximum Gasteiger partial charge on any atom is 0.272 e. The third-order valence-electron chi connectivity index (χ3n) is 4.02. The van der Waals surface area contributed by atoms with Gasteiger partial charge in [-0.1, -0.05) is 0 Å². The number of ether oxygens (including phenoxy) is 3. The summed E-state index contributed by atoms with van der Waals surface area (Å²) in [5, 5.41) is 13.1. The summed E-state index contributed by atoms with van der Waals surface area (Å²) in [6.07, 6.45) is 0.864. The van der Waals surface area contributed by atoms with Crippen molar-refractivity contribution in [3.8, 4) is 17.2 Å². The van der Waals surface area contributed by atoms with Crippen LogP contribution in [0.1, 0.15) is 21.7 Å². The number of nitrogens with one attached hydrogen (secondary N) is 3. The van der Waals surface area contributed by atoms with Gasteiger partial charge >= 0.3 is 0 Å². The molecule has 0 atom stereocenters. The van der Waals surface area contributed by atoms with Crippen LogP contribution >= 0.6 is 12.4 Å². The smallest absolute Gasteiger partial charge is 0.272 e. The molecule has 3 N–H and O–H groups in total. The molecule has 0 bridgehead atoms. The van der Waals surface area contributed by atoms with Gasteiger partial charge in [0.1, 0.15) is 12.4 Å². The number of carbonyl (C=O) groups is 1. The van der Waals surface area contributed by atoms with Crippen LogP contribution in [-0.2, 0) is 13.0 Å². The number of aromatic nitrogens is 2. The van der Waals surface area contributed by atoms with Gasteiger partial charge in [0.05, 0.1) is 6.54 Å². The number of benzene rings is 1. The Balaban J connectivity index is 0.00000182. The number of H-pyrrole nitrogens is 1. The second-order valence-corrected chi connectivity index (χ2v) is 5.58. The van der Waals surface area contributed by atoms with E-state index in [2.05, 4.69) is 20.8 Å². The summed E-state index contributed by atoms with van der Waals surface area (Å²) in [7, 11) is 0. The molecule has 0 radical (unpaired) electrons. The number of amides is 1. The summed E-state index contributed by atoms with van der Waals surface area (Å²) in [5.74, 6) is 1.88. The van der Waals surface area contributed by atoms with Gasteiger partial charge in [0, 0.05) is 36.8 Å². The molecular formula is C16H19ClN4O4. The molecule has 0 saturated heterocycles. The largest absolute Gasteiger partial charge is 0.492 e. The zero-order chi connectivity index (χ0) is 16.4. The first-order chi connectivity index (χ1) is 11.8. The standard InChI is InChI=1S/C16H18N4O4.ClH/c21-16(15-11-8-17-4-3-12(11)19-20-15)18-5-6-22-10-1-2-13-14(7-10)24-9-23-13;/h1-2,7,17H,3-6,8-9H2,(H,18,21)(H,19,20);1H. The molecule has 0 aliphatic carbocycles. The number of hydrogen-bond donors (Lipinski definition) is 3. The van der Waals surface area contributed by atoms with Crippen LogP contribution in [0, 0.1) is 0 Å². The van der Waals surface area contributed by atoms with Crippen LogP contribution < -0.4 is 24.8 Å². The minimum atomic E-state index is -0.189. The third-order valence-corrected chi connectivity index (χ3v) is 4.02. The van der Waals surface area contributed by atoms with E-state index in [1.807, 2.05) is 6.07 Å². The molecule has 25 heavy (non-hydrogen) atoms. The lowest BCUT2D eigenvalue weighted by Crippen LogP contribution is -2.31. The molecule has 0 saturated carbocycles. The van der Waals surface area contributed by atoms with E-state index in [0.29, 0.717) is 42.6 Å². The van der Waals surface area contributed by atoms with Crippen LogP contribution in [0.4, 0.5) is 0 Å². The van der Waals surface area contributed by atoms with Gasteiger partial charge in [0.25, 0.3) is 5.91 Å². The third kappa shape index (κ3) is 3.64. The van der Waals surface area contributed by atoms with Crippen LogP contribution in [0.15, 0.2) is 18.2 Å². The van der Waals surface area contributed by atoms with Crippen molar-refractivity contribution in [2.75, 3.05) is 26.5 Å². The van der Waals surface area contributed by atoms with E-state index in [0.717, 1.165) is 24.2 Å². The van der Waals surface area contributed by atoms with Crippen molar-refractivity contribution in [3.05, 3.63) is 35.2 Å². The predicted octanol–water partition coefficient (Wildman–Crippen LogP) is 1.01. The average molecular weight is 367 g/mol. The first-order valence-corrected chi connectivity index (χ1v) is 7.89. The highest BCUT2D eigenvalue weighted by Gasteiger charge is 2.21. The van der Waals surface area contributed by atoms with Gasteiger partial charge in [-0.3, -0.25) is 9.89 Å². The number of carbonyl (C=O) groups excluding carboxylic acids is 1. The highest BCUT2D eigenvalue weighted by Crippen LogP contribution is 2.34. The van der Waals surface area contributed by atoms with Gasteiger partial charge in [0.2, 0.25) is 6.79 Å². The van der Waals surface area contributed by atoms with E-state index in [-0.39, 0.29) is 25.1 Å². The molecule has 0 fully saturated rings. The highest BCUT2D eigenvalue weighted by atomic mass is 35.5. The Morgan fingerprint density at radius 1 is 1.32 bits per heavy atom. The van der Waals surface area contributed by atoms with Crippen molar-refractivity contribution in [2.24, 2.45) is 0 Å². The van der Waals surface area contributed by atoms with Gasteiger partial charge in [-0.05, 0) is 12.1 Å². The lowest BCUT2D eigenvalue weighted by Gasteiger charge is -2.13. The summed E-state index contributed by atoms with van der Waals surface area (Å²) in [6.45, 7) is 2.55. The highest BCUT2D eigenvalue weighted by molar-refractivity contribution is 5.94. The fraction of sp³-hybridized carbons (Fsp3) is 0.375.